The molecule has 0 saturated carbocycles. The summed E-state index contributed by atoms with van der Waals surface area (Å²) in [5.41, 5.74) is 2.06. The van der Waals surface area contributed by atoms with E-state index in [-0.39, 0.29) is 36.4 Å². The van der Waals surface area contributed by atoms with Crippen molar-refractivity contribution < 1.29 is 9.53 Å². The monoisotopic (exact) mass is 533 g/mol. The maximum absolute atomic E-state index is 12.2. The second-order valence-corrected chi connectivity index (χ2v) is 6.85. The molecule has 1 aromatic heterocycles. The van der Waals surface area contributed by atoms with Crippen molar-refractivity contribution in [3.05, 3.63) is 52.8 Å². The van der Waals surface area contributed by atoms with Crippen LogP contribution >= 0.6 is 35.6 Å². The van der Waals surface area contributed by atoms with Gasteiger partial charge in [0.05, 0.1) is 18.7 Å². The van der Waals surface area contributed by atoms with Crippen LogP contribution in [-0.2, 0) is 24.9 Å². The van der Waals surface area contributed by atoms with E-state index in [0.717, 1.165) is 17.0 Å². The summed E-state index contributed by atoms with van der Waals surface area (Å²) in [7, 11) is 5.50. The van der Waals surface area contributed by atoms with Crippen molar-refractivity contribution in [2.24, 2.45) is 12.0 Å². The van der Waals surface area contributed by atoms with Crippen LogP contribution in [0.15, 0.2) is 41.5 Å². The molecule has 1 amide bonds. The summed E-state index contributed by atoms with van der Waals surface area (Å²) in [6.45, 7) is 3.84. The van der Waals surface area contributed by atoms with Crippen molar-refractivity contribution in [2.45, 2.75) is 20.0 Å². The van der Waals surface area contributed by atoms with Crippen LogP contribution in [0.4, 0.5) is 0 Å². The third kappa shape index (κ3) is 8.14. The highest BCUT2D eigenvalue weighted by molar-refractivity contribution is 14.0. The Balaban J connectivity index is 0.00000420. The fourth-order valence-electron chi connectivity index (χ4n) is 2.66. The Morgan fingerprint density at radius 2 is 1.97 bits per heavy atom. The number of carbonyl (C=O) groups excluding carboxylic acids is 1. The number of hydrogen-bond donors (Lipinski definition) is 2. The molecule has 1 heterocycles. The number of benzene rings is 1. The molecule has 29 heavy (non-hydrogen) atoms. The molecule has 0 aliphatic rings. The minimum atomic E-state index is -0.137. The Hall–Kier alpha value is -1.94. The molecule has 2 rings (SSSR count). The minimum absolute atomic E-state index is 0. The third-order valence-electron chi connectivity index (χ3n) is 4.19. The third-order valence-corrected chi connectivity index (χ3v) is 4.40. The number of aryl methyl sites for hydroxylation is 1. The molecule has 7 nitrogen and oxygen atoms in total. The number of amides is 1. The van der Waals surface area contributed by atoms with Crippen LogP contribution < -0.4 is 15.4 Å². The van der Waals surface area contributed by atoms with Crippen LogP contribution in [0, 0.1) is 0 Å². The molecule has 2 N–H and O–H groups in total. The van der Waals surface area contributed by atoms with Gasteiger partial charge in [0.15, 0.2) is 5.96 Å². The number of rotatable bonds is 8. The second kappa shape index (κ2) is 12.6. The predicted molar refractivity (Wildman–Crippen MR) is 128 cm³/mol. The van der Waals surface area contributed by atoms with Gasteiger partial charge >= 0.3 is 0 Å². The van der Waals surface area contributed by atoms with E-state index in [1.807, 2.05) is 67.0 Å². The number of halogens is 2. The van der Waals surface area contributed by atoms with Crippen molar-refractivity contribution in [2.75, 3.05) is 27.2 Å². The average molecular weight is 534 g/mol. The molecule has 160 valence electrons. The summed E-state index contributed by atoms with van der Waals surface area (Å²) in [5, 5.41) is 6.79. The number of hydrogen-bond acceptors (Lipinski definition) is 3. The normalized spacial score (nSPS) is 10.9. The minimum Gasteiger partial charge on any atom is -0.497 e. The average Bonchev–Trinajstić information content (AvgIpc) is 3.00. The SMILES string of the molecule is CCNC(=NCC(=O)NCc1ccc(OC)cc1)N(C)Cc1cc(Cl)cn1C.I. The molecule has 0 fully saturated rings. The van der Waals surface area contributed by atoms with Gasteiger partial charge in [0, 0.05) is 39.1 Å². The highest BCUT2D eigenvalue weighted by atomic mass is 127. The van der Waals surface area contributed by atoms with E-state index >= 15 is 0 Å². The van der Waals surface area contributed by atoms with Crippen LogP contribution in [0.25, 0.3) is 0 Å². The largest absolute Gasteiger partial charge is 0.497 e. The molecule has 0 aliphatic carbocycles. The zero-order valence-corrected chi connectivity index (χ0v) is 20.3. The van der Waals surface area contributed by atoms with E-state index in [2.05, 4.69) is 15.6 Å². The molecule has 2 aromatic rings. The highest BCUT2D eigenvalue weighted by Gasteiger charge is 2.10. The fourth-order valence-corrected chi connectivity index (χ4v) is 2.93. The lowest BCUT2D eigenvalue weighted by molar-refractivity contribution is -0.119. The number of nitrogens with one attached hydrogen (secondary N) is 2. The molecule has 9 heteroatoms. The van der Waals surface area contributed by atoms with Gasteiger partial charge in [0.1, 0.15) is 12.3 Å². The zero-order chi connectivity index (χ0) is 20.5. The quantitative estimate of drug-likeness (QED) is 0.311. The topological polar surface area (TPSA) is 70.9 Å². The molecule has 1 aromatic carbocycles. The van der Waals surface area contributed by atoms with Crippen molar-refractivity contribution in [1.82, 2.24) is 20.1 Å². The smallest absolute Gasteiger partial charge is 0.242 e. The lowest BCUT2D eigenvalue weighted by Crippen LogP contribution is -2.39. The Labute approximate surface area is 194 Å². The summed E-state index contributed by atoms with van der Waals surface area (Å²) in [4.78, 5) is 18.6. The van der Waals surface area contributed by atoms with Crippen molar-refractivity contribution in [3.8, 4) is 5.75 Å². The van der Waals surface area contributed by atoms with Crippen molar-refractivity contribution in [1.29, 1.82) is 0 Å². The van der Waals surface area contributed by atoms with E-state index in [4.69, 9.17) is 16.3 Å². The van der Waals surface area contributed by atoms with Gasteiger partial charge in [-0.3, -0.25) is 4.79 Å². The molecule has 0 saturated heterocycles. The van der Waals surface area contributed by atoms with Crippen LogP contribution in [0.1, 0.15) is 18.2 Å². The number of guanidine groups is 1. The lowest BCUT2D eigenvalue weighted by atomic mass is 10.2. The second-order valence-electron chi connectivity index (χ2n) is 6.41. The van der Waals surface area contributed by atoms with Crippen molar-refractivity contribution in [3.63, 3.8) is 0 Å². The van der Waals surface area contributed by atoms with Crippen molar-refractivity contribution >= 4 is 47.4 Å². The van der Waals surface area contributed by atoms with Gasteiger partial charge in [0.2, 0.25) is 5.91 Å². The summed E-state index contributed by atoms with van der Waals surface area (Å²) in [5.74, 6) is 1.32. The number of methoxy groups -OCH3 is 1. The Kier molecular flexibility index (Phi) is 10.9. The highest BCUT2D eigenvalue weighted by Crippen LogP contribution is 2.14. The summed E-state index contributed by atoms with van der Waals surface area (Å²) >= 11 is 6.05. The lowest BCUT2D eigenvalue weighted by Gasteiger charge is -2.22. The van der Waals surface area contributed by atoms with Crippen LogP contribution in [0.2, 0.25) is 5.02 Å². The maximum atomic E-state index is 12.2. The molecular weight excluding hydrogens is 505 g/mol. The molecule has 0 unspecified atom stereocenters. The van der Waals surface area contributed by atoms with Crippen LogP contribution in [0.5, 0.6) is 5.75 Å². The predicted octanol–water partition coefficient (Wildman–Crippen LogP) is 3.02. The van der Waals surface area contributed by atoms with E-state index < -0.39 is 0 Å². The number of aromatic nitrogens is 1. The van der Waals surface area contributed by atoms with Gasteiger partial charge in [-0.25, -0.2) is 4.99 Å². The van der Waals surface area contributed by atoms with E-state index in [1.165, 1.54) is 0 Å². The van der Waals surface area contributed by atoms with Crippen LogP contribution in [0.3, 0.4) is 0 Å². The van der Waals surface area contributed by atoms with Gasteiger partial charge in [-0.1, -0.05) is 23.7 Å². The number of aliphatic imine (C=N–C) groups is 1. The van der Waals surface area contributed by atoms with Gasteiger partial charge in [-0.2, -0.15) is 0 Å². The van der Waals surface area contributed by atoms with Gasteiger partial charge in [-0.05, 0) is 30.7 Å². The van der Waals surface area contributed by atoms with Gasteiger partial charge in [-0.15, -0.1) is 24.0 Å². The summed E-state index contributed by atoms with van der Waals surface area (Å²) < 4.78 is 7.11. The maximum Gasteiger partial charge on any atom is 0.242 e. The van der Waals surface area contributed by atoms with E-state index in [9.17, 15) is 4.79 Å². The first kappa shape index (κ1) is 25.1. The van der Waals surface area contributed by atoms with Crippen LogP contribution in [-0.4, -0.2) is 48.6 Å². The number of nitrogens with zero attached hydrogens (tertiary/aromatic N) is 3. The van der Waals surface area contributed by atoms with Gasteiger partial charge < -0.3 is 24.8 Å². The Morgan fingerprint density at radius 1 is 1.28 bits per heavy atom. The standard InChI is InChI=1S/C20H28ClN5O2.HI/c1-5-22-20(26(3)14-17-10-16(21)13-25(17)2)24-12-19(27)23-11-15-6-8-18(28-4)9-7-15;/h6-10,13H,5,11-12,14H2,1-4H3,(H,22,24)(H,23,27);1H. The van der Waals surface area contributed by atoms with E-state index in [0.29, 0.717) is 30.6 Å². The van der Waals surface area contributed by atoms with E-state index in [1.54, 1.807) is 7.11 Å². The molecular formula is C20H29ClIN5O2. The molecule has 0 atom stereocenters. The molecule has 0 spiro atoms. The summed E-state index contributed by atoms with van der Waals surface area (Å²) in [6.07, 6.45) is 1.86. The number of carbonyl (C=O) groups is 1. The summed E-state index contributed by atoms with van der Waals surface area (Å²) in [6, 6.07) is 9.50. The Bertz CT molecular complexity index is 808. The van der Waals surface area contributed by atoms with Gasteiger partial charge in [0.25, 0.3) is 0 Å². The number of ether oxygens (including phenoxy) is 1. The zero-order valence-electron chi connectivity index (χ0n) is 17.2. The molecule has 0 bridgehead atoms. The first-order valence-corrected chi connectivity index (χ1v) is 9.50. The Morgan fingerprint density at radius 3 is 2.52 bits per heavy atom. The molecule has 0 aliphatic heterocycles. The first-order chi connectivity index (χ1) is 13.4. The first-order valence-electron chi connectivity index (χ1n) is 9.12. The molecule has 0 radical (unpaired) electrons. The fraction of sp³-hybridized carbons (Fsp3) is 0.400.